The minimum atomic E-state index is 0.313. The summed E-state index contributed by atoms with van der Waals surface area (Å²) < 4.78 is 3.52. The Morgan fingerprint density at radius 2 is 2.26 bits per heavy atom. The molecule has 0 aliphatic rings. The van der Waals surface area contributed by atoms with E-state index in [1.807, 2.05) is 13.2 Å². The highest BCUT2D eigenvalue weighted by Crippen LogP contribution is 2.19. The van der Waals surface area contributed by atoms with Gasteiger partial charge in [-0.15, -0.1) is 0 Å². The van der Waals surface area contributed by atoms with Gasteiger partial charge in [-0.05, 0) is 53.8 Å². The molecule has 1 N–H and O–H groups in total. The van der Waals surface area contributed by atoms with Crippen LogP contribution in [0.25, 0.3) is 0 Å². The zero-order valence-corrected chi connectivity index (χ0v) is 13.6. The van der Waals surface area contributed by atoms with E-state index in [4.69, 9.17) is 0 Å². The molecule has 1 unspecified atom stereocenters. The van der Waals surface area contributed by atoms with Crippen molar-refractivity contribution in [1.29, 1.82) is 0 Å². The first kappa shape index (κ1) is 14.5. The molecule has 0 aliphatic heterocycles. The molecule has 0 aliphatic carbocycles. The fraction of sp³-hybridized carbons (Fsp3) is 0.400. The molecule has 1 atom stereocenters. The predicted octanol–water partition coefficient (Wildman–Crippen LogP) is 3.40. The average Bonchev–Trinajstić information content (AvgIpc) is 2.84. The van der Waals surface area contributed by atoms with E-state index >= 15 is 0 Å². The van der Waals surface area contributed by atoms with Crippen molar-refractivity contribution in [3.8, 4) is 0 Å². The minimum absolute atomic E-state index is 0.313. The Bertz CT molecular complexity index is 522. The molecule has 0 amide bonds. The summed E-state index contributed by atoms with van der Waals surface area (Å²) in [5.74, 6) is 1.15. The average molecular weight is 369 g/mol. The molecule has 1 aromatic carbocycles. The van der Waals surface area contributed by atoms with Crippen molar-refractivity contribution in [2.75, 3.05) is 7.05 Å². The quantitative estimate of drug-likeness (QED) is 0.791. The van der Waals surface area contributed by atoms with E-state index in [1.54, 1.807) is 0 Å². The molecular weight excluding hydrogens is 349 g/mol. The van der Waals surface area contributed by atoms with Gasteiger partial charge in [-0.25, -0.2) is 4.98 Å². The molecule has 1 aromatic heterocycles. The van der Waals surface area contributed by atoms with Gasteiger partial charge >= 0.3 is 0 Å². The first-order valence-electron chi connectivity index (χ1n) is 6.67. The van der Waals surface area contributed by atoms with E-state index in [1.165, 1.54) is 9.13 Å². The van der Waals surface area contributed by atoms with Gasteiger partial charge in [-0.3, -0.25) is 0 Å². The first-order chi connectivity index (χ1) is 9.24. The Labute approximate surface area is 128 Å². The number of aromatic nitrogens is 2. The number of nitrogens with one attached hydrogen (secondary N) is 1. The Hall–Kier alpha value is -0.880. The normalized spacial score (nSPS) is 12.6. The predicted molar refractivity (Wildman–Crippen MR) is 87.2 cm³/mol. The molecule has 2 aromatic rings. The van der Waals surface area contributed by atoms with E-state index in [0.29, 0.717) is 6.04 Å². The largest absolute Gasteiger partial charge is 0.335 e. The van der Waals surface area contributed by atoms with Gasteiger partial charge < -0.3 is 9.88 Å². The zero-order chi connectivity index (χ0) is 13.7. The van der Waals surface area contributed by atoms with Gasteiger partial charge in [-0.2, -0.15) is 0 Å². The van der Waals surface area contributed by atoms with Crippen LogP contribution in [0.3, 0.4) is 0 Å². The molecule has 0 saturated heterocycles. The van der Waals surface area contributed by atoms with Crippen LogP contribution in [0, 0.1) is 3.57 Å². The molecule has 102 valence electrons. The Morgan fingerprint density at radius 1 is 1.42 bits per heavy atom. The summed E-state index contributed by atoms with van der Waals surface area (Å²) in [6.07, 6.45) is 6.02. The highest BCUT2D eigenvalue weighted by atomic mass is 127. The molecule has 0 fully saturated rings. The van der Waals surface area contributed by atoms with Gasteiger partial charge in [-0.1, -0.05) is 19.1 Å². The van der Waals surface area contributed by atoms with Crippen LogP contribution >= 0.6 is 22.6 Å². The van der Waals surface area contributed by atoms with Gasteiger partial charge in [0.05, 0.1) is 0 Å². The van der Waals surface area contributed by atoms with Crippen molar-refractivity contribution < 1.29 is 0 Å². The first-order valence-corrected chi connectivity index (χ1v) is 7.75. The molecule has 0 bridgehead atoms. The lowest BCUT2D eigenvalue weighted by atomic mass is 10.0. The van der Waals surface area contributed by atoms with Crippen LogP contribution in [0.1, 0.15) is 30.8 Å². The third-order valence-corrected chi connectivity index (χ3v) is 3.92. The number of hydrogen-bond donors (Lipinski definition) is 1. The van der Waals surface area contributed by atoms with E-state index in [2.05, 4.69) is 74.8 Å². The molecule has 0 saturated carbocycles. The fourth-order valence-electron chi connectivity index (χ4n) is 2.27. The standard InChI is InChI=1S/C15H20IN3/c1-3-8-19-9-7-18-15(19)11-14(17-2)12-5-4-6-13(16)10-12/h4-7,9-10,14,17H,3,8,11H2,1-2H3. The van der Waals surface area contributed by atoms with Crippen LogP contribution in [0.15, 0.2) is 36.7 Å². The Kier molecular flexibility index (Phi) is 5.39. The smallest absolute Gasteiger partial charge is 0.110 e. The SMILES string of the molecule is CCCn1ccnc1CC(NC)c1cccc(I)c1. The second-order valence-electron chi connectivity index (χ2n) is 4.64. The van der Waals surface area contributed by atoms with E-state index in [9.17, 15) is 0 Å². The molecule has 4 heteroatoms. The van der Waals surface area contributed by atoms with E-state index < -0.39 is 0 Å². The van der Waals surface area contributed by atoms with Gasteiger partial charge in [0, 0.05) is 35.0 Å². The topological polar surface area (TPSA) is 29.9 Å². The molecule has 0 spiro atoms. The molecule has 2 rings (SSSR count). The zero-order valence-electron chi connectivity index (χ0n) is 11.4. The van der Waals surface area contributed by atoms with Crippen molar-refractivity contribution in [2.24, 2.45) is 0 Å². The molecule has 3 nitrogen and oxygen atoms in total. The lowest BCUT2D eigenvalue weighted by molar-refractivity contribution is 0.543. The van der Waals surface area contributed by atoms with Gasteiger partial charge in [0.25, 0.3) is 0 Å². The van der Waals surface area contributed by atoms with Crippen LogP contribution in [-0.4, -0.2) is 16.6 Å². The lowest BCUT2D eigenvalue weighted by Crippen LogP contribution is -2.21. The lowest BCUT2D eigenvalue weighted by Gasteiger charge is -2.17. The van der Waals surface area contributed by atoms with Crippen LogP contribution in [0.4, 0.5) is 0 Å². The number of halogens is 1. The summed E-state index contributed by atoms with van der Waals surface area (Å²) >= 11 is 2.36. The summed E-state index contributed by atoms with van der Waals surface area (Å²) in [6, 6.07) is 8.95. The number of imidazole rings is 1. The second-order valence-corrected chi connectivity index (χ2v) is 5.88. The van der Waals surface area contributed by atoms with E-state index in [-0.39, 0.29) is 0 Å². The third kappa shape index (κ3) is 3.79. The van der Waals surface area contributed by atoms with Crippen LogP contribution in [0.2, 0.25) is 0 Å². The van der Waals surface area contributed by atoms with Crippen LogP contribution in [-0.2, 0) is 13.0 Å². The number of hydrogen-bond acceptors (Lipinski definition) is 2. The van der Waals surface area contributed by atoms with Crippen molar-refractivity contribution in [3.63, 3.8) is 0 Å². The van der Waals surface area contributed by atoms with Gasteiger partial charge in [0.2, 0.25) is 0 Å². The van der Waals surface area contributed by atoms with Crippen LogP contribution < -0.4 is 5.32 Å². The second kappa shape index (κ2) is 7.05. The van der Waals surface area contributed by atoms with Gasteiger partial charge in [0.15, 0.2) is 0 Å². The molecular formula is C15H20IN3. The van der Waals surface area contributed by atoms with Crippen molar-refractivity contribution in [1.82, 2.24) is 14.9 Å². The van der Waals surface area contributed by atoms with Crippen molar-refractivity contribution in [3.05, 3.63) is 51.6 Å². The van der Waals surface area contributed by atoms with Crippen LogP contribution in [0.5, 0.6) is 0 Å². The maximum absolute atomic E-state index is 4.49. The maximum atomic E-state index is 4.49. The van der Waals surface area contributed by atoms with Crippen molar-refractivity contribution in [2.45, 2.75) is 32.4 Å². The summed E-state index contributed by atoms with van der Waals surface area (Å²) in [5.41, 5.74) is 1.32. The molecule has 19 heavy (non-hydrogen) atoms. The number of likely N-dealkylation sites (N-methyl/N-ethyl adjacent to an activating group) is 1. The molecule has 0 radical (unpaired) electrons. The van der Waals surface area contributed by atoms with E-state index in [0.717, 1.165) is 25.2 Å². The number of aryl methyl sites for hydroxylation is 1. The minimum Gasteiger partial charge on any atom is -0.335 e. The Morgan fingerprint density at radius 3 is 2.95 bits per heavy atom. The third-order valence-electron chi connectivity index (χ3n) is 3.25. The summed E-state index contributed by atoms with van der Waals surface area (Å²) in [7, 11) is 2.01. The highest BCUT2D eigenvalue weighted by Gasteiger charge is 2.13. The summed E-state index contributed by atoms with van der Waals surface area (Å²) in [4.78, 5) is 4.49. The fourth-order valence-corrected chi connectivity index (χ4v) is 2.83. The van der Waals surface area contributed by atoms with Gasteiger partial charge in [0.1, 0.15) is 5.82 Å². The summed E-state index contributed by atoms with van der Waals surface area (Å²) in [5, 5.41) is 3.40. The number of benzene rings is 1. The Balaban J connectivity index is 2.17. The number of rotatable bonds is 6. The number of nitrogens with zero attached hydrogens (tertiary/aromatic N) is 2. The van der Waals surface area contributed by atoms with Crippen molar-refractivity contribution >= 4 is 22.6 Å². The highest BCUT2D eigenvalue weighted by molar-refractivity contribution is 14.1. The molecule has 1 heterocycles. The monoisotopic (exact) mass is 369 g/mol. The maximum Gasteiger partial charge on any atom is 0.110 e. The summed E-state index contributed by atoms with van der Waals surface area (Å²) in [6.45, 7) is 3.23.